The van der Waals surface area contributed by atoms with Gasteiger partial charge in [-0.25, -0.2) is 4.79 Å². The van der Waals surface area contributed by atoms with Gasteiger partial charge in [0.1, 0.15) is 0 Å². The normalized spacial score (nSPS) is 6.00. The SMILES string of the molecule is C=CC.C=COC(C)=O.O=C(O)O. The van der Waals surface area contributed by atoms with E-state index in [1.807, 2.05) is 6.92 Å². The maximum absolute atomic E-state index is 9.75. The highest BCUT2D eigenvalue weighted by atomic mass is 16.6. The van der Waals surface area contributed by atoms with Crippen molar-refractivity contribution in [3.05, 3.63) is 25.5 Å². The van der Waals surface area contributed by atoms with E-state index in [1.54, 1.807) is 6.08 Å². The van der Waals surface area contributed by atoms with Crippen LogP contribution in [0.25, 0.3) is 0 Å². The molecule has 0 heterocycles. The van der Waals surface area contributed by atoms with E-state index in [4.69, 9.17) is 15.0 Å². The minimum atomic E-state index is -1.83. The number of esters is 1. The van der Waals surface area contributed by atoms with E-state index in [-0.39, 0.29) is 5.97 Å². The summed E-state index contributed by atoms with van der Waals surface area (Å²) < 4.78 is 4.17. The topological polar surface area (TPSA) is 83.8 Å². The van der Waals surface area contributed by atoms with Crippen molar-refractivity contribution in [2.24, 2.45) is 0 Å². The van der Waals surface area contributed by atoms with Gasteiger partial charge in [0.25, 0.3) is 0 Å². The number of hydrogen-bond acceptors (Lipinski definition) is 3. The summed E-state index contributed by atoms with van der Waals surface area (Å²) >= 11 is 0. The van der Waals surface area contributed by atoms with Crippen molar-refractivity contribution in [3.8, 4) is 0 Å². The van der Waals surface area contributed by atoms with Crippen molar-refractivity contribution in [1.82, 2.24) is 0 Å². The van der Waals surface area contributed by atoms with E-state index in [0.29, 0.717) is 0 Å². The number of ether oxygens (including phenoxy) is 1. The van der Waals surface area contributed by atoms with Gasteiger partial charge in [-0.05, 0) is 6.92 Å². The van der Waals surface area contributed by atoms with Crippen LogP contribution in [-0.2, 0) is 9.53 Å². The highest BCUT2D eigenvalue weighted by Gasteiger charge is 1.79. The predicted molar refractivity (Wildman–Crippen MR) is 48.5 cm³/mol. The Labute approximate surface area is 77.0 Å². The molecule has 0 aromatic heterocycles. The highest BCUT2D eigenvalue weighted by Crippen LogP contribution is 1.70. The summed E-state index contributed by atoms with van der Waals surface area (Å²) in [6.07, 6.45) is 1.02. The van der Waals surface area contributed by atoms with Crippen LogP contribution in [0.2, 0.25) is 0 Å². The molecule has 0 unspecified atom stereocenters. The maximum Gasteiger partial charge on any atom is 0.503 e. The summed E-state index contributed by atoms with van der Waals surface area (Å²) in [7, 11) is 0. The Morgan fingerprint density at radius 3 is 1.54 bits per heavy atom. The summed E-state index contributed by atoms with van der Waals surface area (Å²) in [5, 5.41) is 13.9. The lowest BCUT2D eigenvalue weighted by Gasteiger charge is -1.83. The lowest BCUT2D eigenvalue weighted by Crippen LogP contribution is -1.87. The Morgan fingerprint density at radius 1 is 1.31 bits per heavy atom. The number of allylic oxidation sites excluding steroid dienone is 1. The second-order valence-electron chi connectivity index (χ2n) is 1.47. The fraction of sp³-hybridized carbons (Fsp3) is 0.250. The summed E-state index contributed by atoms with van der Waals surface area (Å²) in [6.45, 7) is 9.73. The van der Waals surface area contributed by atoms with E-state index < -0.39 is 6.16 Å². The molecule has 5 heteroatoms. The van der Waals surface area contributed by atoms with Crippen LogP contribution in [0.4, 0.5) is 4.79 Å². The molecular formula is C8H14O5. The number of rotatable bonds is 1. The van der Waals surface area contributed by atoms with Crippen LogP contribution < -0.4 is 0 Å². The minimum Gasteiger partial charge on any atom is -0.450 e. The zero-order valence-electron chi connectivity index (χ0n) is 7.69. The lowest BCUT2D eigenvalue weighted by molar-refractivity contribution is -0.135. The molecule has 0 aliphatic carbocycles. The van der Waals surface area contributed by atoms with Gasteiger partial charge in [-0.2, -0.15) is 0 Å². The number of carboxylic acid groups (broad SMARTS) is 2. The molecule has 0 rings (SSSR count). The summed E-state index contributed by atoms with van der Waals surface area (Å²) in [5.74, 6) is -0.329. The smallest absolute Gasteiger partial charge is 0.450 e. The Hall–Kier alpha value is -1.78. The largest absolute Gasteiger partial charge is 0.503 e. The van der Waals surface area contributed by atoms with Crippen LogP contribution in [0.15, 0.2) is 25.5 Å². The van der Waals surface area contributed by atoms with Crippen LogP contribution in [0.1, 0.15) is 13.8 Å². The fourth-order valence-electron chi connectivity index (χ4n) is 0.117. The Kier molecular flexibility index (Phi) is 22.2. The van der Waals surface area contributed by atoms with Crippen molar-refractivity contribution in [2.45, 2.75) is 13.8 Å². The summed E-state index contributed by atoms with van der Waals surface area (Å²) in [6, 6.07) is 0. The molecule has 0 bridgehead atoms. The van der Waals surface area contributed by atoms with Gasteiger partial charge >= 0.3 is 12.1 Å². The van der Waals surface area contributed by atoms with Crippen LogP contribution in [-0.4, -0.2) is 22.3 Å². The third-order valence-electron chi connectivity index (χ3n) is 0.249. The first-order valence-electron chi connectivity index (χ1n) is 3.19. The van der Waals surface area contributed by atoms with Crippen LogP contribution in [0.5, 0.6) is 0 Å². The highest BCUT2D eigenvalue weighted by molar-refractivity contribution is 5.66. The van der Waals surface area contributed by atoms with E-state index in [0.717, 1.165) is 6.26 Å². The molecule has 13 heavy (non-hydrogen) atoms. The monoisotopic (exact) mass is 190 g/mol. The van der Waals surface area contributed by atoms with Gasteiger partial charge in [0.05, 0.1) is 6.26 Å². The van der Waals surface area contributed by atoms with E-state index >= 15 is 0 Å². The van der Waals surface area contributed by atoms with E-state index in [9.17, 15) is 4.79 Å². The van der Waals surface area contributed by atoms with Crippen LogP contribution in [0, 0.1) is 0 Å². The van der Waals surface area contributed by atoms with Gasteiger partial charge in [-0.3, -0.25) is 4.79 Å². The predicted octanol–water partition coefficient (Wildman–Crippen LogP) is 2.11. The average Bonchev–Trinajstić information content (AvgIpc) is 1.86. The molecule has 5 nitrogen and oxygen atoms in total. The molecule has 0 radical (unpaired) electrons. The second-order valence-corrected chi connectivity index (χ2v) is 1.47. The molecule has 0 aliphatic heterocycles. The summed E-state index contributed by atoms with van der Waals surface area (Å²) in [4.78, 5) is 18.3. The third-order valence-corrected chi connectivity index (χ3v) is 0.249. The van der Waals surface area contributed by atoms with Crippen molar-refractivity contribution < 1.29 is 24.5 Å². The number of hydrogen-bond donors (Lipinski definition) is 2. The summed E-state index contributed by atoms with van der Waals surface area (Å²) in [5.41, 5.74) is 0. The maximum atomic E-state index is 9.75. The molecule has 0 amide bonds. The van der Waals surface area contributed by atoms with Crippen LogP contribution in [0.3, 0.4) is 0 Å². The molecule has 0 saturated heterocycles. The first-order chi connectivity index (χ1) is 5.92. The van der Waals surface area contributed by atoms with Gasteiger partial charge in [0.15, 0.2) is 0 Å². The molecule has 0 spiro atoms. The van der Waals surface area contributed by atoms with Crippen molar-refractivity contribution in [2.75, 3.05) is 0 Å². The lowest BCUT2D eigenvalue weighted by atomic mass is 10.8. The zero-order chi connectivity index (χ0) is 11.3. The number of carbonyl (C=O) groups is 2. The molecule has 0 atom stereocenters. The van der Waals surface area contributed by atoms with Gasteiger partial charge in [0.2, 0.25) is 0 Å². The van der Waals surface area contributed by atoms with Gasteiger partial charge in [0, 0.05) is 6.92 Å². The quantitative estimate of drug-likeness (QED) is 0.376. The van der Waals surface area contributed by atoms with Crippen LogP contribution >= 0.6 is 0 Å². The third kappa shape index (κ3) is 464. The van der Waals surface area contributed by atoms with Gasteiger partial charge < -0.3 is 14.9 Å². The molecule has 0 aliphatic rings. The Balaban J connectivity index is -0.000000125. The van der Waals surface area contributed by atoms with E-state index in [2.05, 4.69) is 17.9 Å². The van der Waals surface area contributed by atoms with E-state index in [1.165, 1.54) is 6.92 Å². The molecular weight excluding hydrogens is 176 g/mol. The fourth-order valence-corrected chi connectivity index (χ4v) is 0.117. The molecule has 2 N–H and O–H groups in total. The minimum absolute atomic E-state index is 0.329. The zero-order valence-corrected chi connectivity index (χ0v) is 7.69. The molecule has 0 fully saturated rings. The molecule has 0 aromatic carbocycles. The Bertz CT molecular complexity index is 158. The standard InChI is InChI=1S/C4H6O2.C3H6.CH2O3/c1-3-6-4(2)5;1-3-2;2-1(3)4/h3H,1H2,2H3;3H,1H2,2H3;(H2,2,3,4). The van der Waals surface area contributed by atoms with Gasteiger partial charge in [-0.1, -0.05) is 12.7 Å². The average molecular weight is 190 g/mol. The van der Waals surface area contributed by atoms with Crippen molar-refractivity contribution in [1.29, 1.82) is 0 Å². The Morgan fingerprint density at radius 2 is 1.54 bits per heavy atom. The molecule has 76 valence electrons. The number of carbonyl (C=O) groups excluding carboxylic acids is 1. The second kappa shape index (κ2) is 16.7. The first kappa shape index (κ1) is 17.3. The molecule has 0 aromatic rings. The van der Waals surface area contributed by atoms with Gasteiger partial charge in [-0.15, -0.1) is 6.58 Å². The van der Waals surface area contributed by atoms with Crippen molar-refractivity contribution in [3.63, 3.8) is 0 Å². The van der Waals surface area contributed by atoms with Crippen molar-refractivity contribution >= 4 is 12.1 Å². The molecule has 0 saturated carbocycles. The first-order valence-corrected chi connectivity index (χ1v) is 3.19.